The number of carbonyl (C=O) groups excluding carboxylic acids is 2. The van der Waals surface area contributed by atoms with Crippen molar-refractivity contribution < 1.29 is 75.7 Å². The zero-order valence-electron chi connectivity index (χ0n) is 45.8. The molecule has 4 aromatic rings. The van der Waals surface area contributed by atoms with Crippen molar-refractivity contribution >= 4 is 52.4 Å². The number of nitrogen functional groups attached to an aromatic ring is 1. The normalized spacial score (nSPS) is 23.8. The highest BCUT2D eigenvalue weighted by Crippen LogP contribution is 2.65. The van der Waals surface area contributed by atoms with Gasteiger partial charge in [-0.05, 0) is 95.5 Å². The van der Waals surface area contributed by atoms with E-state index >= 15 is 0 Å². The Morgan fingerprint density at radius 2 is 1.66 bits per heavy atom. The Kier molecular flexibility index (Phi) is 17.4. The van der Waals surface area contributed by atoms with E-state index in [1.54, 1.807) is 11.9 Å². The molecular weight excluding hydrogens is 1100 g/mol. The van der Waals surface area contributed by atoms with E-state index in [0.717, 1.165) is 76.6 Å². The predicted molar refractivity (Wildman–Crippen MR) is 292 cm³/mol. The first kappa shape index (κ1) is 60.5. The van der Waals surface area contributed by atoms with Crippen molar-refractivity contribution in [1.29, 1.82) is 0 Å². The zero-order chi connectivity index (χ0) is 58.6. The number of nitrogens with one attached hydrogen (secondary N) is 1. The van der Waals surface area contributed by atoms with Crippen LogP contribution in [0.25, 0.3) is 5.57 Å². The molecule has 432 valence electrons. The molecule has 0 saturated carbocycles. The summed E-state index contributed by atoms with van der Waals surface area (Å²) >= 11 is 0. The molecule has 8 rings (SSSR count). The Balaban J connectivity index is 0.959. The molecule has 0 spiro atoms. The number of hydrogen-bond donors (Lipinski definition) is 7. The van der Waals surface area contributed by atoms with Gasteiger partial charge < -0.3 is 60.1 Å². The fourth-order valence-corrected chi connectivity index (χ4v) is 14.7. The first-order valence-corrected chi connectivity index (χ1v) is 30.6. The highest BCUT2D eigenvalue weighted by Gasteiger charge is 2.47. The van der Waals surface area contributed by atoms with Gasteiger partial charge in [-0.15, -0.1) is 0 Å². The van der Waals surface area contributed by atoms with Crippen LogP contribution in [-0.4, -0.2) is 120 Å². The van der Waals surface area contributed by atoms with Crippen LogP contribution in [0.15, 0.2) is 59.5 Å². The Morgan fingerprint density at radius 3 is 2.35 bits per heavy atom. The lowest BCUT2D eigenvalue weighted by Crippen LogP contribution is -2.52. The molecule has 3 aromatic carbocycles. The summed E-state index contributed by atoms with van der Waals surface area (Å²) in [6, 6.07) is 16.6. The smallest absolute Gasteiger partial charge is 0.487 e. The molecule has 0 radical (unpaired) electrons. The second kappa shape index (κ2) is 23.0. The highest BCUT2D eigenvalue weighted by molar-refractivity contribution is 7.66. The van der Waals surface area contributed by atoms with Gasteiger partial charge >= 0.3 is 21.3 Å². The highest BCUT2D eigenvalue weighted by atomic mass is 31.3. The van der Waals surface area contributed by atoms with E-state index in [1.807, 2.05) is 24.3 Å². The molecule has 1 saturated heterocycles. The lowest BCUT2D eigenvalue weighted by molar-refractivity contribution is -0.212. The number of phosphoric acid groups is 3. The molecule has 5 unspecified atom stereocenters. The Hall–Kier alpha value is -5.60. The summed E-state index contributed by atoms with van der Waals surface area (Å²) in [5.74, 6) is 6.42. The summed E-state index contributed by atoms with van der Waals surface area (Å²) in [6.07, 6.45) is -3.93. The van der Waals surface area contributed by atoms with Crippen molar-refractivity contribution in [2.45, 2.75) is 129 Å². The number of aromatic nitrogens is 2. The molecule has 8 N–H and O–H groups in total. The van der Waals surface area contributed by atoms with E-state index in [1.165, 1.54) is 11.1 Å². The number of nitrogens with two attached hydrogens (primary N) is 1. The largest absolute Gasteiger partial charge is 0.756 e. The second-order valence-corrected chi connectivity index (χ2v) is 26.1. The fraction of sp³-hybridized carbons (Fsp3) is 0.491. The van der Waals surface area contributed by atoms with Crippen LogP contribution in [0.5, 0.6) is 11.5 Å². The monoisotopic (exact) mass is 1170 g/mol. The molecule has 4 aliphatic rings. The number of aliphatic hydroxyl groups is 2. The van der Waals surface area contributed by atoms with Crippen molar-refractivity contribution in [2.24, 2.45) is 0 Å². The molecule has 5 heterocycles. The minimum atomic E-state index is -5.91. The Labute approximate surface area is 462 Å². The number of rotatable bonds is 17. The number of anilines is 2. The van der Waals surface area contributed by atoms with Crippen molar-refractivity contribution in [3.63, 3.8) is 0 Å². The van der Waals surface area contributed by atoms with Gasteiger partial charge in [-0.3, -0.25) is 23.2 Å². The van der Waals surface area contributed by atoms with Gasteiger partial charge in [0.1, 0.15) is 42.2 Å². The van der Waals surface area contributed by atoms with E-state index in [-0.39, 0.29) is 65.6 Å². The van der Waals surface area contributed by atoms with Gasteiger partial charge in [0.25, 0.3) is 13.7 Å². The van der Waals surface area contributed by atoms with Crippen molar-refractivity contribution in [1.82, 2.24) is 24.3 Å². The molecule has 4 aliphatic heterocycles. The van der Waals surface area contributed by atoms with Crippen LogP contribution >= 0.6 is 23.5 Å². The third-order valence-corrected chi connectivity index (χ3v) is 18.8. The lowest BCUT2D eigenvalue weighted by Gasteiger charge is -2.47. The first-order valence-electron chi connectivity index (χ1n) is 26.1. The molecule has 2 amide bonds. The van der Waals surface area contributed by atoms with E-state index < -0.39 is 60.3 Å². The van der Waals surface area contributed by atoms with Crippen LogP contribution in [0.4, 0.5) is 11.5 Å². The predicted octanol–water partition coefficient (Wildman–Crippen LogP) is 3.44. The van der Waals surface area contributed by atoms with Gasteiger partial charge in [0.05, 0.1) is 24.8 Å². The van der Waals surface area contributed by atoms with Crippen LogP contribution in [0, 0.1) is 11.8 Å². The van der Waals surface area contributed by atoms with Gasteiger partial charge in [-0.25, -0.2) is 22.8 Å². The minimum absolute atomic E-state index is 0.0364. The summed E-state index contributed by atoms with van der Waals surface area (Å²) < 4.78 is 61.9. The maximum absolute atomic E-state index is 14.7. The number of fused-ring (bicyclic) bond motifs is 4. The summed E-state index contributed by atoms with van der Waals surface area (Å²) in [7, 11) is -15.8. The number of aliphatic hydroxyl groups excluding tert-OH is 2. The van der Waals surface area contributed by atoms with E-state index in [9.17, 15) is 53.0 Å². The second-order valence-electron chi connectivity index (χ2n) is 21.7. The van der Waals surface area contributed by atoms with Crippen LogP contribution in [0.3, 0.4) is 0 Å². The van der Waals surface area contributed by atoms with E-state index in [2.05, 4.69) is 124 Å². The maximum Gasteiger partial charge on any atom is 0.487 e. The third kappa shape index (κ3) is 12.7. The Bertz CT molecular complexity index is 3540. The van der Waals surface area contributed by atoms with Crippen LogP contribution in [0.2, 0.25) is 0 Å². The quantitative estimate of drug-likeness (QED) is 0.0398. The zero-order valence-corrected chi connectivity index (χ0v) is 48.5. The number of hydrogen-bond acceptors (Lipinski definition) is 17. The lowest BCUT2D eigenvalue weighted by atomic mass is 9.77. The molecule has 0 bridgehead atoms. The van der Waals surface area contributed by atoms with Crippen LogP contribution in [-0.2, 0) is 36.4 Å². The molecule has 0 aliphatic carbocycles. The number of carbonyl (C=O) groups is 2. The third-order valence-electron chi connectivity index (χ3n) is 15.0. The standard InChI is InChI=1S/C53H68N7O17P3/c1-10-59-39-24-41-37(22-35(39)30(3)26-52(59,5)6)45(38-23-36-31(4)27-53(7,8)60(11-2)40(36)25-42(38)74-41)33-17-12-13-18-34(33)49(64)57(9)21-15-19-44(61)55-20-14-16-32-28-58(51(65)56-48(32)54)50-47(63)46(62)43(75-50)29-73-79(69,70)77-80(71,72)76-78(66,67)68/h12-13,17-18,22-25,28,30-31,43,46-47,50,62-63H,10-11,15,19-21,26-27,29H2,1-9H3,(H6-,54,55,56,61,65,66,67,68,69,70,71,72)/t30?,31?,43-,46-,47-,50-/m1/s1. The number of amides is 2. The average Bonchev–Trinajstić information content (AvgIpc) is 3.69. The Morgan fingerprint density at radius 1 is 0.963 bits per heavy atom. The fourth-order valence-electron chi connectivity index (χ4n) is 11.7. The van der Waals surface area contributed by atoms with Crippen molar-refractivity contribution in [3.8, 4) is 23.3 Å². The van der Waals surface area contributed by atoms with E-state index in [4.69, 9.17) is 20.1 Å². The van der Waals surface area contributed by atoms with Gasteiger partial charge in [0.2, 0.25) is 11.3 Å². The number of ether oxygens (including phenoxy) is 2. The SMILES string of the molecule is CCN1c2cc3c(cc2C(C)CC1(C)C)C(c1ccccc1C(=O)N(C)CCCC(=O)NCC#Cc1cn([C@@H]2O[C@H](COP(=O)(O)OP(=O)(O)OP(=O)([O-])O)[C@@H](O)[C@H]2O)c(=O)nc1N)=c1cc2c(cc1O3)=[N+](CC)C(C)(C)CC2C. The average molecular weight is 1170 g/mol. The molecule has 24 nitrogen and oxygen atoms in total. The van der Waals surface area contributed by atoms with Crippen molar-refractivity contribution in [3.05, 3.63) is 109 Å². The molecule has 9 atom stereocenters. The molecule has 80 heavy (non-hydrogen) atoms. The minimum Gasteiger partial charge on any atom is -0.756 e. The van der Waals surface area contributed by atoms with Gasteiger partial charge in [-0.1, -0.05) is 43.9 Å². The summed E-state index contributed by atoms with van der Waals surface area (Å²) in [6.45, 7) is 18.6. The van der Waals surface area contributed by atoms with Gasteiger partial charge in [-0.2, -0.15) is 9.29 Å². The molecule has 1 aromatic heterocycles. The summed E-state index contributed by atoms with van der Waals surface area (Å²) in [5.41, 5.74) is 11.4. The molecular formula is C53H68N7O17P3. The van der Waals surface area contributed by atoms with Gasteiger partial charge in [0.15, 0.2) is 11.8 Å². The summed E-state index contributed by atoms with van der Waals surface area (Å²) in [4.78, 5) is 86.9. The van der Waals surface area contributed by atoms with Crippen LogP contribution < -0.4 is 46.4 Å². The molecule has 27 heteroatoms. The van der Waals surface area contributed by atoms with E-state index in [0.29, 0.717) is 16.6 Å². The number of phosphoric ester groups is 1. The first-order chi connectivity index (χ1) is 37.4. The van der Waals surface area contributed by atoms with Crippen molar-refractivity contribution in [2.75, 3.05) is 50.5 Å². The van der Waals surface area contributed by atoms with Crippen LogP contribution in [0.1, 0.15) is 137 Å². The molecule has 1 fully saturated rings. The maximum atomic E-state index is 14.7. The van der Waals surface area contributed by atoms with Gasteiger partial charge in [0, 0.05) is 84.0 Å². The topological polar surface area (TPSA) is 338 Å². The number of benzene rings is 3. The number of nitrogens with zero attached hydrogens (tertiary/aromatic N) is 5. The summed E-state index contributed by atoms with van der Waals surface area (Å²) in [5, 5.41) is 26.0.